The maximum atomic E-state index is 14.3. The molecule has 1 heterocycles. The molecule has 0 fully saturated rings. The predicted molar refractivity (Wildman–Crippen MR) is 126 cm³/mol. The van der Waals surface area contributed by atoms with Gasteiger partial charge in [-0.1, -0.05) is 35.3 Å². The van der Waals surface area contributed by atoms with Gasteiger partial charge in [-0.05, 0) is 72.1 Å². The van der Waals surface area contributed by atoms with E-state index in [1.165, 1.54) is 42.5 Å². The Morgan fingerprint density at radius 2 is 1.74 bits per heavy atom. The molecule has 1 aliphatic heterocycles. The van der Waals surface area contributed by atoms with E-state index in [0.717, 1.165) is 0 Å². The molecule has 176 valence electrons. The molecule has 0 aliphatic carbocycles. The van der Waals surface area contributed by atoms with Gasteiger partial charge in [-0.15, -0.1) is 0 Å². The molecule has 3 aromatic rings. The molecule has 0 spiro atoms. The molecule has 1 atom stereocenters. The molecule has 0 aromatic heterocycles. The summed E-state index contributed by atoms with van der Waals surface area (Å²) in [6, 6.07) is 14.1. The van der Waals surface area contributed by atoms with E-state index < -0.39 is 29.9 Å². The summed E-state index contributed by atoms with van der Waals surface area (Å²) in [5.41, 5.74) is -0.381. The molecular weight excluding hydrogens is 491 g/mol. The van der Waals surface area contributed by atoms with E-state index in [4.69, 9.17) is 23.2 Å². The van der Waals surface area contributed by atoms with Gasteiger partial charge in [0.1, 0.15) is 11.2 Å². The third kappa shape index (κ3) is 4.68. The Balaban J connectivity index is 1.60. The maximum Gasteiger partial charge on any atom is 0.400 e. The van der Waals surface area contributed by atoms with Crippen molar-refractivity contribution in [3.8, 4) is 0 Å². The first-order valence-corrected chi connectivity index (χ1v) is 11.0. The molecule has 0 unspecified atom stereocenters. The standard InChI is InChI=1S/C25H18Cl2F4N2O/c1-14-7-15(5-6-21(14)23(34)33-20-4-2-3-19(28)11-20)22-12-24(13-32-22,25(29,30)31)16-8-17(26)10-18(27)9-16/h2-11H,12-13H2,1H3,(H,33,34)/t24-/m0/s1. The van der Waals surface area contributed by atoms with Crippen LogP contribution in [0.15, 0.2) is 65.7 Å². The Morgan fingerprint density at radius 3 is 2.35 bits per heavy atom. The van der Waals surface area contributed by atoms with Crippen LogP contribution in [-0.2, 0) is 5.41 Å². The second kappa shape index (κ2) is 9.04. The van der Waals surface area contributed by atoms with Crippen LogP contribution in [0.25, 0.3) is 0 Å². The van der Waals surface area contributed by atoms with Crippen molar-refractivity contribution in [3.05, 3.63) is 98.8 Å². The van der Waals surface area contributed by atoms with E-state index in [2.05, 4.69) is 10.3 Å². The van der Waals surface area contributed by atoms with Crippen molar-refractivity contribution in [1.82, 2.24) is 0 Å². The molecule has 0 saturated carbocycles. The molecule has 1 N–H and O–H groups in total. The highest BCUT2D eigenvalue weighted by Crippen LogP contribution is 2.48. The Morgan fingerprint density at radius 1 is 1.03 bits per heavy atom. The molecule has 0 saturated heterocycles. The molecule has 34 heavy (non-hydrogen) atoms. The van der Waals surface area contributed by atoms with Crippen molar-refractivity contribution < 1.29 is 22.4 Å². The molecular formula is C25H18Cl2F4N2O. The first-order chi connectivity index (χ1) is 16.0. The number of alkyl halides is 3. The van der Waals surface area contributed by atoms with Crippen LogP contribution in [0.2, 0.25) is 10.0 Å². The summed E-state index contributed by atoms with van der Waals surface area (Å²) in [4.78, 5) is 16.8. The number of hydrogen-bond donors (Lipinski definition) is 1. The highest BCUT2D eigenvalue weighted by atomic mass is 35.5. The van der Waals surface area contributed by atoms with Crippen molar-refractivity contribution in [2.75, 3.05) is 11.9 Å². The van der Waals surface area contributed by atoms with Gasteiger partial charge in [-0.2, -0.15) is 13.2 Å². The average Bonchev–Trinajstić information content (AvgIpc) is 3.20. The third-order valence-electron chi connectivity index (χ3n) is 5.85. The smallest absolute Gasteiger partial charge is 0.322 e. The van der Waals surface area contributed by atoms with E-state index >= 15 is 0 Å². The van der Waals surface area contributed by atoms with Gasteiger partial charge in [-0.25, -0.2) is 4.39 Å². The summed E-state index contributed by atoms with van der Waals surface area (Å²) in [5, 5.41) is 2.84. The topological polar surface area (TPSA) is 41.5 Å². The number of aryl methyl sites for hydroxylation is 1. The Labute approximate surface area is 203 Å². The molecule has 3 aromatic carbocycles. The molecule has 0 radical (unpaired) electrons. The van der Waals surface area contributed by atoms with Crippen LogP contribution in [-0.4, -0.2) is 24.3 Å². The molecule has 3 nitrogen and oxygen atoms in total. The van der Waals surface area contributed by atoms with Gasteiger partial charge >= 0.3 is 6.18 Å². The minimum absolute atomic E-state index is 0.0425. The first kappa shape index (κ1) is 24.2. The SMILES string of the molecule is Cc1cc(C2=NC[C@@](c3cc(Cl)cc(Cl)c3)(C(F)(F)F)C2)ccc1C(=O)Nc1cccc(F)c1. The molecule has 4 rings (SSSR count). The summed E-state index contributed by atoms with van der Waals surface area (Å²) < 4.78 is 56.3. The van der Waals surface area contributed by atoms with Crippen LogP contribution in [0, 0.1) is 12.7 Å². The number of carbonyl (C=O) groups is 1. The summed E-state index contributed by atoms with van der Waals surface area (Å²) in [5.74, 6) is -0.945. The normalized spacial score (nSPS) is 18.0. The van der Waals surface area contributed by atoms with Crippen LogP contribution >= 0.6 is 23.2 Å². The summed E-state index contributed by atoms with van der Waals surface area (Å²) >= 11 is 12.0. The van der Waals surface area contributed by atoms with Crippen LogP contribution < -0.4 is 5.32 Å². The lowest BCUT2D eigenvalue weighted by Gasteiger charge is -2.31. The highest BCUT2D eigenvalue weighted by Gasteiger charge is 2.58. The number of nitrogens with one attached hydrogen (secondary N) is 1. The largest absolute Gasteiger partial charge is 0.400 e. The van der Waals surface area contributed by atoms with Crippen molar-refractivity contribution in [1.29, 1.82) is 0 Å². The fourth-order valence-electron chi connectivity index (χ4n) is 4.06. The van der Waals surface area contributed by atoms with Gasteiger partial charge in [0.2, 0.25) is 0 Å². The van der Waals surface area contributed by atoms with Crippen LogP contribution in [0.5, 0.6) is 0 Å². The third-order valence-corrected chi connectivity index (χ3v) is 6.29. The molecule has 1 aliphatic rings. The molecule has 0 bridgehead atoms. The number of hydrogen-bond acceptors (Lipinski definition) is 2. The van der Waals surface area contributed by atoms with E-state index in [0.29, 0.717) is 22.4 Å². The van der Waals surface area contributed by atoms with Gasteiger partial charge in [-0.3, -0.25) is 9.79 Å². The van der Waals surface area contributed by atoms with Crippen LogP contribution in [0.1, 0.15) is 33.5 Å². The van der Waals surface area contributed by atoms with Crippen molar-refractivity contribution in [3.63, 3.8) is 0 Å². The lowest BCUT2D eigenvalue weighted by atomic mass is 9.76. The number of anilines is 1. The number of rotatable bonds is 4. The first-order valence-electron chi connectivity index (χ1n) is 10.2. The number of aliphatic imine (C=N–C) groups is 1. The van der Waals surface area contributed by atoms with Crippen molar-refractivity contribution >= 4 is 40.5 Å². The predicted octanol–water partition coefficient (Wildman–Crippen LogP) is 7.39. The van der Waals surface area contributed by atoms with Crippen LogP contribution in [0.4, 0.5) is 23.2 Å². The quantitative estimate of drug-likeness (QED) is 0.366. The van der Waals surface area contributed by atoms with E-state index in [-0.39, 0.29) is 27.7 Å². The zero-order chi connectivity index (χ0) is 24.7. The number of halogens is 6. The van der Waals surface area contributed by atoms with Gasteiger partial charge in [0.05, 0.1) is 6.54 Å². The lowest BCUT2D eigenvalue weighted by Crippen LogP contribution is -2.43. The second-order valence-electron chi connectivity index (χ2n) is 8.17. The number of nitrogens with zero attached hydrogens (tertiary/aromatic N) is 1. The zero-order valence-corrected chi connectivity index (χ0v) is 19.3. The van der Waals surface area contributed by atoms with E-state index in [1.807, 2.05) is 0 Å². The minimum Gasteiger partial charge on any atom is -0.322 e. The second-order valence-corrected chi connectivity index (χ2v) is 9.04. The number of benzene rings is 3. The molecule has 1 amide bonds. The zero-order valence-electron chi connectivity index (χ0n) is 17.8. The van der Waals surface area contributed by atoms with Gasteiger partial charge in [0, 0.05) is 33.4 Å². The van der Waals surface area contributed by atoms with Crippen LogP contribution in [0.3, 0.4) is 0 Å². The van der Waals surface area contributed by atoms with Crippen molar-refractivity contribution in [2.24, 2.45) is 4.99 Å². The fraction of sp³-hybridized carbons (Fsp3) is 0.200. The van der Waals surface area contributed by atoms with Gasteiger partial charge in [0.15, 0.2) is 0 Å². The number of amides is 1. The van der Waals surface area contributed by atoms with Gasteiger partial charge in [0.25, 0.3) is 5.91 Å². The summed E-state index contributed by atoms with van der Waals surface area (Å²) in [7, 11) is 0. The fourth-order valence-corrected chi connectivity index (χ4v) is 4.59. The van der Waals surface area contributed by atoms with Gasteiger partial charge < -0.3 is 5.32 Å². The summed E-state index contributed by atoms with van der Waals surface area (Å²) in [6.07, 6.45) is -4.98. The minimum atomic E-state index is -4.59. The lowest BCUT2D eigenvalue weighted by molar-refractivity contribution is -0.183. The monoisotopic (exact) mass is 508 g/mol. The Bertz CT molecular complexity index is 1290. The Hall–Kier alpha value is -2.90. The maximum absolute atomic E-state index is 14.3. The number of carbonyl (C=O) groups excluding carboxylic acids is 1. The van der Waals surface area contributed by atoms with Crippen molar-refractivity contribution in [2.45, 2.75) is 24.9 Å². The molecule has 9 heteroatoms. The van der Waals surface area contributed by atoms with E-state index in [1.54, 1.807) is 25.1 Å². The Kier molecular flexibility index (Phi) is 6.44. The highest BCUT2D eigenvalue weighted by molar-refractivity contribution is 6.34. The average molecular weight is 509 g/mol. The summed E-state index contributed by atoms with van der Waals surface area (Å²) in [6.45, 7) is 1.18. The van der Waals surface area contributed by atoms with E-state index in [9.17, 15) is 22.4 Å².